The lowest BCUT2D eigenvalue weighted by molar-refractivity contribution is -0.143. The van der Waals surface area contributed by atoms with Gasteiger partial charge in [-0.15, -0.1) is 0 Å². The predicted molar refractivity (Wildman–Crippen MR) is 87.2 cm³/mol. The standard InChI is InChI=1S/C18H19NO4/c1-13(20)19(15-8-10-16(21)11-9-15)17(18(22)23-2)12-14-6-4-3-5-7-14/h3-11,17,21H,12H2,1-2H3. The molecule has 2 aromatic carbocycles. The molecule has 0 bridgehead atoms. The molecule has 0 aliphatic rings. The van der Waals surface area contributed by atoms with Crippen molar-refractivity contribution in [2.75, 3.05) is 12.0 Å². The van der Waals surface area contributed by atoms with Gasteiger partial charge in [-0.1, -0.05) is 30.3 Å². The van der Waals surface area contributed by atoms with Crippen LogP contribution in [0.25, 0.3) is 0 Å². The van der Waals surface area contributed by atoms with E-state index in [1.54, 1.807) is 12.1 Å². The molecule has 1 unspecified atom stereocenters. The highest BCUT2D eigenvalue weighted by Gasteiger charge is 2.30. The van der Waals surface area contributed by atoms with Crippen LogP contribution in [-0.4, -0.2) is 30.1 Å². The number of methoxy groups -OCH3 is 1. The van der Waals surface area contributed by atoms with Crippen molar-refractivity contribution in [1.29, 1.82) is 0 Å². The molecule has 120 valence electrons. The van der Waals surface area contributed by atoms with Crippen LogP contribution in [0.5, 0.6) is 5.75 Å². The number of benzene rings is 2. The number of amides is 1. The average molecular weight is 313 g/mol. The van der Waals surface area contributed by atoms with Crippen molar-refractivity contribution in [1.82, 2.24) is 0 Å². The number of ether oxygens (including phenoxy) is 1. The number of phenols is 1. The number of nitrogens with zero attached hydrogens (tertiary/aromatic N) is 1. The fraction of sp³-hybridized carbons (Fsp3) is 0.222. The third kappa shape index (κ3) is 4.10. The van der Waals surface area contributed by atoms with E-state index in [9.17, 15) is 14.7 Å². The number of rotatable bonds is 5. The Labute approximate surface area is 135 Å². The topological polar surface area (TPSA) is 66.8 Å². The molecule has 0 radical (unpaired) electrons. The molecule has 2 rings (SSSR count). The van der Waals surface area contributed by atoms with Gasteiger partial charge in [-0.3, -0.25) is 9.69 Å². The zero-order valence-electron chi connectivity index (χ0n) is 13.1. The third-order valence-electron chi connectivity index (χ3n) is 3.52. The lowest BCUT2D eigenvalue weighted by Crippen LogP contribution is -2.46. The first kappa shape index (κ1) is 16.5. The third-order valence-corrected chi connectivity index (χ3v) is 3.52. The molecule has 0 aliphatic carbocycles. The Kier molecular flexibility index (Phi) is 5.36. The highest BCUT2D eigenvalue weighted by atomic mass is 16.5. The summed E-state index contributed by atoms with van der Waals surface area (Å²) in [6.07, 6.45) is 0.341. The zero-order chi connectivity index (χ0) is 16.8. The van der Waals surface area contributed by atoms with Crippen LogP contribution in [0.15, 0.2) is 54.6 Å². The zero-order valence-corrected chi connectivity index (χ0v) is 13.1. The van der Waals surface area contributed by atoms with Crippen molar-refractivity contribution >= 4 is 17.6 Å². The van der Waals surface area contributed by atoms with E-state index < -0.39 is 12.0 Å². The second-order valence-corrected chi connectivity index (χ2v) is 5.13. The molecule has 2 aromatic rings. The van der Waals surface area contributed by atoms with E-state index in [2.05, 4.69) is 0 Å². The molecule has 0 aliphatic heterocycles. The number of phenolic OH excluding ortho intramolecular Hbond substituents is 1. The van der Waals surface area contributed by atoms with Gasteiger partial charge in [-0.05, 0) is 29.8 Å². The molecular weight excluding hydrogens is 294 g/mol. The van der Waals surface area contributed by atoms with E-state index in [4.69, 9.17) is 4.74 Å². The number of aromatic hydroxyl groups is 1. The van der Waals surface area contributed by atoms with Crippen LogP contribution in [0.2, 0.25) is 0 Å². The molecule has 5 heteroatoms. The van der Waals surface area contributed by atoms with Gasteiger partial charge in [0.1, 0.15) is 11.8 Å². The molecule has 5 nitrogen and oxygen atoms in total. The van der Waals surface area contributed by atoms with Gasteiger partial charge in [0.15, 0.2) is 0 Å². The summed E-state index contributed by atoms with van der Waals surface area (Å²) in [6.45, 7) is 1.40. The Balaban J connectivity index is 2.39. The maximum absolute atomic E-state index is 12.2. The summed E-state index contributed by atoms with van der Waals surface area (Å²) in [6, 6.07) is 14.8. The predicted octanol–water partition coefficient (Wildman–Crippen LogP) is 2.53. The molecule has 0 saturated heterocycles. The maximum Gasteiger partial charge on any atom is 0.329 e. The van der Waals surface area contributed by atoms with Crippen LogP contribution in [0, 0.1) is 0 Å². The van der Waals surface area contributed by atoms with E-state index in [1.807, 2.05) is 30.3 Å². The molecule has 0 heterocycles. The molecule has 1 N–H and O–H groups in total. The van der Waals surface area contributed by atoms with Crippen molar-refractivity contribution in [2.45, 2.75) is 19.4 Å². The second kappa shape index (κ2) is 7.45. The molecule has 0 aromatic heterocycles. The van der Waals surface area contributed by atoms with Crippen LogP contribution in [-0.2, 0) is 20.7 Å². The minimum atomic E-state index is -0.774. The second-order valence-electron chi connectivity index (χ2n) is 5.13. The minimum absolute atomic E-state index is 0.0925. The lowest BCUT2D eigenvalue weighted by atomic mass is 10.0. The Morgan fingerprint density at radius 1 is 1.09 bits per heavy atom. The summed E-state index contributed by atoms with van der Waals surface area (Å²) in [4.78, 5) is 25.8. The Morgan fingerprint density at radius 2 is 1.70 bits per heavy atom. The summed E-state index contributed by atoms with van der Waals surface area (Å²) in [5, 5.41) is 9.41. The van der Waals surface area contributed by atoms with Crippen molar-refractivity contribution in [3.05, 3.63) is 60.2 Å². The molecule has 1 amide bonds. The molecule has 23 heavy (non-hydrogen) atoms. The van der Waals surface area contributed by atoms with Crippen LogP contribution in [0.1, 0.15) is 12.5 Å². The molecular formula is C18H19NO4. The van der Waals surface area contributed by atoms with Crippen molar-refractivity contribution in [3.8, 4) is 5.75 Å². The van der Waals surface area contributed by atoms with E-state index in [0.29, 0.717) is 12.1 Å². The van der Waals surface area contributed by atoms with Gasteiger partial charge in [0, 0.05) is 19.0 Å². The lowest BCUT2D eigenvalue weighted by Gasteiger charge is -2.29. The van der Waals surface area contributed by atoms with Crippen molar-refractivity contribution < 1.29 is 19.4 Å². The van der Waals surface area contributed by atoms with Gasteiger partial charge in [-0.25, -0.2) is 4.79 Å². The number of anilines is 1. The van der Waals surface area contributed by atoms with E-state index in [-0.39, 0.29) is 11.7 Å². The first-order valence-corrected chi connectivity index (χ1v) is 7.23. The van der Waals surface area contributed by atoms with Gasteiger partial charge in [-0.2, -0.15) is 0 Å². The maximum atomic E-state index is 12.2. The number of esters is 1. The monoisotopic (exact) mass is 313 g/mol. The van der Waals surface area contributed by atoms with Crippen LogP contribution in [0.4, 0.5) is 5.69 Å². The van der Waals surface area contributed by atoms with E-state index >= 15 is 0 Å². The van der Waals surface area contributed by atoms with Gasteiger partial charge < -0.3 is 9.84 Å². The molecule has 1 atom stereocenters. The van der Waals surface area contributed by atoms with E-state index in [1.165, 1.54) is 31.1 Å². The first-order chi connectivity index (χ1) is 11.0. The summed E-state index contributed by atoms with van der Waals surface area (Å²) in [7, 11) is 1.30. The quantitative estimate of drug-likeness (QED) is 0.861. The fourth-order valence-electron chi connectivity index (χ4n) is 2.45. The number of hydrogen-bond donors (Lipinski definition) is 1. The number of hydrogen-bond acceptors (Lipinski definition) is 4. The minimum Gasteiger partial charge on any atom is -0.508 e. The normalized spacial score (nSPS) is 11.6. The van der Waals surface area contributed by atoms with Crippen LogP contribution < -0.4 is 4.90 Å². The summed E-state index contributed by atoms with van der Waals surface area (Å²) in [5.74, 6) is -0.672. The SMILES string of the molecule is COC(=O)C(Cc1ccccc1)N(C(C)=O)c1ccc(O)cc1. The summed E-state index contributed by atoms with van der Waals surface area (Å²) >= 11 is 0. The van der Waals surface area contributed by atoms with Crippen molar-refractivity contribution in [3.63, 3.8) is 0 Å². The molecule has 0 spiro atoms. The Hall–Kier alpha value is -2.82. The molecule has 0 fully saturated rings. The van der Waals surface area contributed by atoms with Gasteiger partial charge in [0.05, 0.1) is 7.11 Å². The van der Waals surface area contributed by atoms with Crippen LogP contribution >= 0.6 is 0 Å². The summed E-state index contributed by atoms with van der Waals surface area (Å²) < 4.78 is 4.88. The fourth-order valence-corrected chi connectivity index (χ4v) is 2.45. The largest absolute Gasteiger partial charge is 0.508 e. The number of carbonyl (C=O) groups is 2. The van der Waals surface area contributed by atoms with Crippen LogP contribution in [0.3, 0.4) is 0 Å². The smallest absolute Gasteiger partial charge is 0.329 e. The Bertz CT molecular complexity index is 667. The van der Waals surface area contributed by atoms with Gasteiger partial charge in [0.2, 0.25) is 5.91 Å². The number of carbonyl (C=O) groups excluding carboxylic acids is 2. The summed E-state index contributed by atoms with van der Waals surface area (Å²) in [5.41, 5.74) is 1.45. The van der Waals surface area contributed by atoms with Gasteiger partial charge >= 0.3 is 5.97 Å². The average Bonchev–Trinajstić information content (AvgIpc) is 2.56. The van der Waals surface area contributed by atoms with Gasteiger partial charge in [0.25, 0.3) is 0 Å². The molecule has 0 saturated carbocycles. The highest BCUT2D eigenvalue weighted by molar-refractivity contribution is 5.98. The highest BCUT2D eigenvalue weighted by Crippen LogP contribution is 2.23. The Morgan fingerprint density at radius 3 is 2.22 bits per heavy atom. The van der Waals surface area contributed by atoms with Crippen molar-refractivity contribution in [2.24, 2.45) is 0 Å². The first-order valence-electron chi connectivity index (χ1n) is 7.23. The van der Waals surface area contributed by atoms with E-state index in [0.717, 1.165) is 5.56 Å².